The van der Waals surface area contributed by atoms with Crippen LogP contribution in [0.5, 0.6) is 0 Å². The lowest BCUT2D eigenvalue weighted by atomic mass is 9.61. The molecule has 0 radical (unpaired) electrons. The Morgan fingerprint density at radius 3 is 2.54 bits per heavy atom. The highest BCUT2D eigenvalue weighted by atomic mass is 19.4. The highest BCUT2D eigenvalue weighted by Crippen LogP contribution is 2.53. The fourth-order valence-corrected chi connectivity index (χ4v) is 6.80. The molecular weight excluding hydrogens is 495 g/mol. The van der Waals surface area contributed by atoms with Crippen LogP contribution < -0.4 is 5.32 Å². The maximum Gasteiger partial charge on any atom is 0.433 e. The third-order valence-electron chi connectivity index (χ3n) is 8.42. The molecule has 0 fully saturated rings. The fraction of sp³-hybridized carbons (Fsp3) is 0.212. The first-order chi connectivity index (χ1) is 19.0. The Morgan fingerprint density at radius 1 is 0.769 bits per heavy atom. The SMILES string of the molecule is FC(F)(F)c1cccc(C2(c3cccc4c3N=CC=CN4)CCCc3c2ccc2c3CCc3ccccc3-2)n1. The minimum atomic E-state index is -4.54. The number of hydrogen-bond donors (Lipinski definition) is 1. The van der Waals surface area contributed by atoms with Gasteiger partial charge in [0.1, 0.15) is 5.69 Å². The van der Waals surface area contributed by atoms with Gasteiger partial charge < -0.3 is 5.32 Å². The van der Waals surface area contributed by atoms with E-state index in [1.54, 1.807) is 12.3 Å². The first kappa shape index (κ1) is 23.9. The summed E-state index contributed by atoms with van der Waals surface area (Å²) in [6.07, 6.45) is 5.06. The van der Waals surface area contributed by atoms with Crippen molar-refractivity contribution in [3.63, 3.8) is 0 Å². The van der Waals surface area contributed by atoms with Crippen LogP contribution in [0.3, 0.4) is 0 Å². The second-order valence-electron chi connectivity index (χ2n) is 10.4. The Bertz CT molecular complexity index is 1670. The number of aromatic nitrogens is 1. The summed E-state index contributed by atoms with van der Waals surface area (Å²) in [4.78, 5) is 9.09. The molecule has 194 valence electrons. The Hall–Kier alpha value is -4.19. The van der Waals surface area contributed by atoms with E-state index in [0.717, 1.165) is 54.3 Å². The van der Waals surface area contributed by atoms with Crippen LogP contribution in [0.25, 0.3) is 11.1 Å². The lowest BCUT2D eigenvalue weighted by molar-refractivity contribution is -0.141. The van der Waals surface area contributed by atoms with Crippen LogP contribution in [-0.2, 0) is 30.9 Å². The number of pyridine rings is 1. The van der Waals surface area contributed by atoms with Gasteiger partial charge in [-0.1, -0.05) is 54.6 Å². The first-order valence-corrected chi connectivity index (χ1v) is 13.3. The molecule has 0 spiro atoms. The second kappa shape index (κ2) is 8.94. The van der Waals surface area contributed by atoms with Gasteiger partial charge in [0, 0.05) is 12.4 Å². The molecule has 7 rings (SSSR count). The van der Waals surface area contributed by atoms with Gasteiger partial charge in [0.05, 0.1) is 22.5 Å². The molecule has 2 heterocycles. The van der Waals surface area contributed by atoms with Gasteiger partial charge in [0.2, 0.25) is 0 Å². The van der Waals surface area contributed by atoms with E-state index in [0.29, 0.717) is 12.1 Å². The predicted molar refractivity (Wildman–Crippen MR) is 149 cm³/mol. The number of nitrogens with zero attached hydrogens (tertiary/aromatic N) is 2. The zero-order chi connectivity index (χ0) is 26.6. The maximum atomic E-state index is 13.9. The molecular formula is C33H26F3N3. The van der Waals surface area contributed by atoms with Crippen LogP contribution >= 0.6 is 0 Å². The van der Waals surface area contributed by atoms with Gasteiger partial charge in [0.15, 0.2) is 0 Å². The average molecular weight is 522 g/mol. The van der Waals surface area contributed by atoms with Crippen molar-refractivity contribution in [2.45, 2.75) is 43.7 Å². The van der Waals surface area contributed by atoms with Crippen molar-refractivity contribution in [2.75, 3.05) is 5.32 Å². The first-order valence-electron chi connectivity index (χ1n) is 13.3. The minimum absolute atomic E-state index is 0.412. The van der Waals surface area contributed by atoms with E-state index in [-0.39, 0.29) is 0 Å². The molecule has 1 atom stereocenters. The number of halogens is 3. The number of nitrogens with one attached hydrogen (secondary N) is 1. The molecule has 1 aromatic heterocycles. The number of anilines is 1. The van der Waals surface area contributed by atoms with E-state index in [9.17, 15) is 13.2 Å². The normalized spacial score (nSPS) is 19.3. The molecule has 0 saturated carbocycles. The smallest absolute Gasteiger partial charge is 0.360 e. The number of allylic oxidation sites excluding steroid dienone is 1. The van der Waals surface area contributed by atoms with Crippen molar-refractivity contribution in [1.29, 1.82) is 0 Å². The van der Waals surface area contributed by atoms with E-state index in [1.807, 2.05) is 30.5 Å². The maximum absolute atomic E-state index is 13.9. The minimum Gasteiger partial charge on any atom is -0.360 e. The second-order valence-corrected chi connectivity index (χ2v) is 10.4. The number of fused-ring (bicyclic) bond motifs is 6. The van der Waals surface area contributed by atoms with Crippen molar-refractivity contribution in [2.24, 2.45) is 4.99 Å². The number of hydrogen-bond acceptors (Lipinski definition) is 3. The van der Waals surface area contributed by atoms with Gasteiger partial charge in [-0.2, -0.15) is 13.2 Å². The van der Waals surface area contributed by atoms with E-state index in [2.05, 4.69) is 46.7 Å². The van der Waals surface area contributed by atoms with Crippen LogP contribution in [0.1, 0.15) is 52.0 Å². The van der Waals surface area contributed by atoms with Crippen molar-refractivity contribution in [1.82, 2.24) is 4.98 Å². The fourth-order valence-electron chi connectivity index (χ4n) is 6.80. The third-order valence-corrected chi connectivity index (χ3v) is 8.42. The van der Waals surface area contributed by atoms with Crippen molar-refractivity contribution in [3.8, 4) is 11.1 Å². The summed E-state index contributed by atoms with van der Waals surface area (Å²) in [7, 11) is 0. The molecule has 39 heavy (non-hydrogen) atoms. The van der Waals surface area contributed by atoms with Crippen molar-refractivity contribution in [3.05, 3.63) is 124 Å². The van der Waals surface area contributed by atoms with Crippen LogP contribution in [0.2, 0.25) is 0 Å². The standard InChI is InChI=1S/C33H26F3N3/c34-33(35,36)30-13-4-12-29(39-30)32(27-10-3-11-28-31(27)38-20-6-19-37-28)18-5-9-25-24-15-14-21-7-1-2-8-22(21)23(24)16-17-26(25)32/h1-4,6-8,10-13,16-17,19-20,37H,5,9,14-15,18H2. The van der Waals surface area contributed by atoms with Crippen LogP contribution in [0.15, 0.2) is 90.1 Å². The third kappa shape index (κ3) is 3.73. The predicted octanol–water partition coefficient (Wildman–Crippen LogP) is 8.18. The Kier molecular flexibility index (Phi) is 5.48. The number of rotatable bonds is 2. The number of benzene rings is 3. The molecule has 1 N–H and O–H groups in total. The number of aliphatic imine (C=N–C) groups is 1. The van der Waals surface area contributed by atoms with E-state index < -0.39 is 17.3 Å². The summed E-state index contributed by atoms with van der Waals surface area (Å²) in [6.45, 7) is 0. The van der Waals surface area contributed by atoms with Gasteiger partial charge in [-0.3, -0.25) is 4.99 Å². The van der Waals surface area contributed by atoms with Gasteiger partial charge >= 0.3 is 6.18 Å². The molecule has 3 aliphatic rings. The number of para-hydroxylation sites is 1. The molecule has 0 saturated heterocycles. The molecule has 3 nitrogen and oxygen atoms in total. The lowest BCUT2D eigenvalue weighted by Crippen LogP contribution is -2.36. The van der Waals surface area contributed by atoms with Crippen molar-refractivity contribution >= 4 is 17.6 Å². The summed E-state index contributed by atoms with van der Waals surface area (Å²) in [5, 5.41) is 3.29. The monoisotopic (exact) mass is 521 g/mol. The van der Waals surface area contributed by atoms with E-state index in [1.165, 1.54) is 33.9 Å². The highest BCUT2D eigenvalue weighted by Gasteiger charge is 2.45. The summed E-state index contributed by atoms with van der Waals surface area (Å²) in [5.74, 6) is 0. The van der Waals surface area contributed by atoms with Crippen LogP contribution in [-0.4, -0.2) is 11.2 Å². The Balaban J connectivity index is 1.54. The van der Waals surface area contributed by atoms with Gasteiger partial charge in [-0.15, -0.1) is 0 Å². The highest BCUT2D eigenvalue weighted by molar-refractivity contribution is 5.85. The molecule has 4 aromatic rings. The molecule has 3 aromatic carbocycles. The topological polar surface area (TPSA) is 37.3 Å². The van der Waals surface area contributed by atoms with Crippen LogP contribution in [0, 0.1) is 0 Å². The van der Waals surface area contributed by atoms with E-state index >= 15 is 0 Å². The summed E-state index contributed by atoms with van der Waals surface area (Å²) in [6, 6.07) is 23.0. The Morgan fingerprint density at radius 2 is 1.64 bits per heavy atom. The summed E-state index contributed by atoms with van der Waals surface area (Å²) in [5.41, 5.74) is 8.52. The molecule has 1 aliphatic heterocycles. The number of aryl methyl sites for hydroxylation is 1. The van der Waals surface area contributed by atoms with E-state index in [4.69, 9.17) is 4.99 Å². The lowest BCUT2D eigenvalue weighted by Gasteiger charge is -2.42. The van der Waals surface area contributed by atoms with Gasteiger partial charge in [-0.05, 0) is 95.3 Å². The van der Waals surface area contributed by atoms with Crippen molar-refractivity contribution < 1.29 is 13.2 Å². The number of alkyl halides is 3. The molecule has 0 amide bonds. The average Bonchev–Trinajstić information content (AvgIpc) is 3.22. The molecule has 2 aliphatic carbocycles. The zero-order valence-corrected chi connectivity index (χ0v) is 21.2. The Labute approximate surface area is 225 Å². The largest absolute Gasteiger partial charge is 0.433 e. The van der Waals surface area contributed by atoms with Gasteiger partial charge in [-0.25, -0.2) is 4.98 Å². The molecule has 1 unspecified atom stereocenters. The van der Waals surface area contributed by atoms with Gasteiger partial charge in [0.25, 0.3) is 0 Å². The molecule has 0 bridgehead atoms. The summed E-state index contributed by atoms with van der Waals surface area (Å²) >= 11 is 0. The molecule has 6 heteroatoms. The van der Waals surface area contributed by atoms with Crippen LogP contribution in [0.4, 0.5) is 24.5 Å². The quantitative estimate of drug-likeness (QED) is 0.289. The zero-order valence-electron chi connectivity index (χ0n) is 21.2. The summed E-state index contributed by atoms with van der Waals surface area (Å²) < 4.78 is 41.8.